The summed E-state index contributed by atoms with van der Waals surface area (Å²) in [6.45, 7) is 5.13. The Labute approximate surface area is 229 Å². The zero-order chi connectivity index (χ0) is 29.0. The van der Waals surface area contributed by atoms with Crippen LogP contribution < -0.4 is 0 Å². The van der Waals surface area contributed by atoms with E-state index in [1.54, 1.807) is 9.80 Å². The number of urea groups is 1. The molecule has 2 amide bonds. The quantitative estimate of drug-likeness (QED) is 0.245. The summed E-state index contributed by atoms with van der Waals surface area (Å²) in [4.78, 5) is 21.2. The second-order valence-electron chi connectivity index (χ2n) is 10.1. The average molecular weight is 561 g/mol. The van der Waals surface area contributed by atoms with E-state index in [1.165, 1.54) is 25.3 Å². The number of piperidine rings is 2. The van der Waals surface area contributed by atoms with Crippen LogP contribution in [-0.2, 0) is 10.9 Å². The summed E-state index contributed by atoms with van der Waals surface area (Å²) in [5, 5.41) is 9.19. The molecule has 0 saturated carbocycles. The second-order valence-corrected chi connectivity index (χ2v) is 10.1. The van der Waals surface area contributed by atoms with Gasteiger partial charge in [0.1, 0.15) is 11.6 Å². The molecule has 2 heterocycles. The molecular weight excluding hydrogens is 531 g/mol. The van der Waals surface area contributed by atoms with Gasteiger partial charge in [0.2, 0.25) is 0 Å². The van der Waals surface area contributed by atoms with Gasteiger partial charge in [-0.1, -0.05) is 18.7 Å². The van der Waals surface area contributed by atoms with Gasteiger partial charge in [-0.05, 0) is 49.1 Å². The normalized spacial score (nSPS) is 20.7. The summed E-state index contributed by atoms with van der Waals surface area (Å²) >= 11 is 0. The first-order valence-corrected chi connectivity index (χ1v) is 12.9. The van der Waals surface area contributed by atoms with E-state index in [4.69, 9.17) is 4.74 Å². The molecule has 212 valence electrons. The third kappa shape index (κ3) is 6.61. The number of benzene rings is 2. The molecule has 6 nitrogen and oxygen atoms in total. The number of likely N-dealkylation sites (tertiary alicyclic amines) is 2. The molecule has 2 aliphatic heterocycles. The number of methoxy groups -OCH3 is 1. The highest BCUT2D eigenvalue weighted by molar-refractivity contribution is 5.86. The van der Waals surface area contributed by atoms with Crippen LogP contribution in [0.4, 0.5) is 26.7 Å². The lowest BCUT2D eigenvalue weighted by Crippen LogP contribution is -2.52. The third-order valence-corrected chi connectivity index (χ3v) is 7.42. The molecule has 2 aliphatic rings. The van der Waals surface area contributed by atoms with Gasteiger partial charge in [-0.25, -0.2) is 18.6 Å². The Hall–Kier alpha value is -3.94. The number of nitriles is 1. The van der Waals surface area contributed by atoms with E-state index in [1.807, 2.05) is 0 Å². The number of halogens is 5. The molecule has 4 rings (SSSR count). The van der Waals surface area contributed by atoms with Crippen molar-refractivity contribution in [1.82, 2.24) is 9.80 Å². The summed E-state index contributed by atoms with van der Waals surface area (Å²) in [6.07, 6.45) is -2.94. The Morgan fingerprint density at radius 2 is 1.75 bits per heavy atom. The van der Waals surface area contributed by atoms with E-state index in [0.29, 0.717) is 37.9 Å². The predicted octanol–water partition coefficient (Wildman–Crippen LogP) is 6.46. The third-order valence-electron chi connectivity index (χ3n) is 7.42. The van der Waals surface area contributed by atoms with E-state index >= 15 is 0 Å². The van der Waals surface area contributed by atoms with Crippen LogP contribution in [0.15, 0.2) is 54.0 Å². The van der Waals surface area contributed by atoms with Crippen molar-refractivity contribution in [3.8, 4) is 6.07 Å². The highest BCUT2D eigenvalue weighted by Crippen LogP contribution is 2.35. The smallest absolute Gasteiger partial charge is 0.416 e. The van der Waals surface area contributed by atoms with Crippen molar-refractivity contribution in [3.63, 3.8) is 0 Å². The Morgan fingerprint density at radius 3 is 2.33 bits per heavy atom. The number of hydrogen-bond acceptors (Lipinski definition) is 4. The van der Waals surface area contributed by atoms with Crippen LogP contribution in [0.1, 0.15) is 41.9 Å². The lowest BCUT2D eigenvalue weighted by Gasteiger charge is -2.41. The SMILES string of the molecule is C=C(N=C(OC)C1CC(c2ccc(C(F)(F)F)cc2)CN(C(=O)N2CCC(C#N)CC2)C1)c1ccc(F)cc1F. The minimum atomic E-state index is -4.48. The molecule has 0 N–H and O–H groups in total. The van der Waals surface area contributed by atoms with Crippen molar-refractivity contribution in [1.29, 1.82) is 5.26 Å². The Kier molecular flexibility index (Phi) is 8.76. The van der Waals surface area contributed by atoms with Crippen LogP contribution in [0.5, 0.6) is 0 Å². The molecule has 0 spiro atoms. The highest BCUT2D eigenvalue weighted by atomic mass is 19.4. The first-order valence-electron chi connectivity index (χ1n) is 12.9. The molecule has 11 heteroatoms. The Morgan fingerprint density at radius 1 is 1.07 bits per heavy atom. The van der Waals surface area contributed by atoms with Crippen LogP contribution >= 0.6 is 0 Å². The minimum absolute atomic E-state index is 0.00227. The molecule has 40 heavy (non-hydrogen) atoms. The molecule has 0 bridgehead atoms. The lowest BCUT2D eigenvalue weighted by molar-refractivity contribution is -0.137. The zero-order valence-corrected chi connectivity index (χ0v) is 21.9. The summed E-state index contributed by atoms with van der Waals surface area (Å²) in [6, 6.07) is 9.88. The van der Waals surface area contributed by atoms with E-state index < -0.39 is 29.3 Å². The Bertz CT molecular complexity index is 1310. The zero-order valence-electron chi connectivity index (χ0n) is 21.9. The van der Waals surface area contributed by atoms with Gasteiger partial charge < -0.3 is 14.5 Å². The fraction of sp³-hybridized carbons (Fsp3) is 0.414. The number of carbonyl (C=O) groups excluding carboxylic acids is 1. The number of carbonyl (C=O) groups is 1. The number of nitrogens with zero attached hydrogens (tertiary/aromatic N) is 4. The summed E-state index contributed by atoms with van der Waals surface area (Å²) < 4.78 is 72.7. The van der Waals surface area contributed by atoms with E-state index in [2.05, 4.69) is 17.6 Å². The maximum absolute atomic E-state index is 14.4. The average Bonchev–Trinajstić information content (AvgIpc) is 2.94. The van der Waals surface area contributed by atoms with Crippen molar-refractivity contribution in [2.24, 2.45) is 16.8 Å². The summed E-state index contributed by atoms with van der Waals surface area (Å²) in [7, 11) is 1.38. The van der Waals surface area contributed by atoms with E-state index in [-0.39, 0.29) is 48.1 Å². The van der Waals surface area contributed by atoms with Crippen LogP contribution in [-0.4, -0.2) is 55.0 Å². The number of hydrogen-bond donors (Lipinski definition) is 0. The molecule has 2 aromatic carbocycles. The number of amides is 2. The van der Waals surface area contributed by atoms with Gasteiger partial charge in [0.25, 0.3) is 0 Å². The fourth-order valence-electron chi connectivity index (χ4n) is 5.24. The number of aliphatic imine (C=N–C) groups is 1. The van der Waals surface area contributed by atoms with Gasteiger partial charge >= 0.3 is 12.2 Å². The van der Waals surface area contributed by atoms with Crippen molar-refractivity contribution >= 4 is 17.6 Å². The van der Waals surface area contributed by atoms with Crippen LogP contribution in [0.2, 0.25) is 0 Å². The van der Waals surface area contributed by atoms with Crippen LogP contribution in [0.25, 0.3) is 5.70 Å². The monoisotopic (exact) mass is 560 g/mol. The highest BCUT2D eigenvalue weighted by Gasteiger charge is 2.37. The molecular formula is C29H29F5N4O2. The van der Waals surface area contributed by atoms with Gasteiger partial charge in [-0.3, -0.25) is 0 Å². The molecule has 2 atom stereocenters. The molecule has 0 aromatic heterocycles. The largest absolute Gasteiger partial charge is 0.484 e. The van der Waals surface area contributed by atoms with Gasteiger partial charge in [0.05, 0.1) is 30.4 Å². The fourth-order valence-corrected chi connectivity index (χ4v) is 5.24. The van der Waals surface area contributed by atoms with Crippen LogP contribution in [0.3, 0.4) is 0 Å². The van der Waals surface area contributed by atoms with Crippen molar-refractivity contribution in [2.45, 2.75) is 31.4 Å². The molecule has 2 fully saturated rings. The number of ether oxygens (including phenoxy) is 1. The topological polar surface area (TPSA) is 68.9 Å². The predicted molar refractivity (Wildman–Crippen MR) is 139 cm³/mol. The molecule has 0 radical (unpaired) electrons. The molecule has 0 aliphatic carbocycles. The lowest BCUT2D eigenvalue weighted by atomic mass is 9.84. The summed E-state index contributed by atoms with van der Waals surface area (Å²) in [5.74, 6) is -2.34. The Balaban J connectivity index is 1.62. The standard InChI is InChI=1S/C29H29F5N4O2/c1-18(25-8-7-24(30)14-26(25)31)36-27(40-2)22-13-21(20-3-5-23(6-4-20)29(32,33)34)16-38(17-22)28(39)37-11-9-19(15-35)10-12-37/h3-8,14,19,21-22H,1,9-13,16-17H2,2H3. The van der Waals surface area contributed by atoms with Gasteiger partial charge in [-0.2, -0.15) is 18.4 Å². The van der Waals surface area contributed by atoms with Gasteiger partial charge in [0, 0.05) is 49.6 Å². The van der Waals surface area contributed by atoms with E-state index in [9.17, 15) is 32.0 Å². The van der Waals surface area contributed by atoms with E-state index in [0.717, 1.165) is 24.3 Å². The van der Waals surface area contributed by atoms with Gasteiger partial charge in [0.15, 0.2) is 5.90 Å². The number of rotatable bonds is 4. The molecule has 2 aromatic rings. The molecule has 2 unspecified atom stereocenters. The van der Waals surface area contributed by atoms with Crippen molar-refractivity contribution in [2.75, 3.05) is 33.3 Å². The van der Waals surface area contributed by atoms with Crippen molar-refractivity contribution in [3.05, 3.63) is 77.4 Å². The minimum Gasteiger partial charge on any atom is -0.484 e. The first kappa shape index (κ1) is 29.1. The maximum atomic E-state index is 14.4. The number of alkyl halides is 3. The maximum Gasteiger partial charge on any atom is 0.416 e. The van der Waals surface area contributed by atoms with Gasteiger partial charge in [-0.15, -0.1) is 0 Å². The molecule has 2 saturated heterocycles. The van der Waals surface area contributed by atoms with Crippen molar-refractivity contribution < 1.29 is 31.5 Å². The van der Waals surface area contributed by atoms with Crippen LogP contribution in [0, 0.1) is 34.8 Å². The summed E-state index contributed by atoms with van der Waals surface area (Å²) in [5.41, 5.74) is -0.159. The first-order chi connectivity index (χ1) is 19.0. The second kappa shape index (κ2) is 12.1.